The molecule has 0 radical (unpaired) electrons. The molecule has 0 fully saturated rings. The number of hydrogen-bond donors (Lipinski definition) is 1. The molecule has 0 aliphatic heterocycles. The van der Waals surface area contributed by atoms with E-state index in [2.05, 4.69) is 16.3 Å². The molecule has 68 valence electrons. The van der Waals surface area contributed by atoms with Crippen molar-refractivity contribution < 1.29 is 0 Å². The predicted octanol–water partition coefficient (Wildman–Crippen LogP) is 1.41. The number of hydrogen-bond acceptors (Lipinski definition) is 2. The van der Waals surface area contributed by atoms with Gasteiger partial charge in [0.05, 0.1) is 5.69 Å². The molecule has 2 aromatic heterocycles. The normalized spacial score (nSPS) is 11.0. The van der Waals surface area contributed by atoms with Gasteiger partial charge in [-0.25, -0.2) is 4.98 Å². The molecule has 0 unspecified atom stereocenters. The lowest BCUT2D eigenvalue weighted by Gasteiger charge is -2.00. The maximum absolute atomic E-state index is 5.62. The zero-order valence-corrected chi connectivity index (χ0v) is 7.91. The second kappa shape index (κ2) is 2.85. The van der Waals surface area contributed by atoms with Gasteiger partial charge in [-0.15, -0.1) is 0 Å². The Hall–Kier alpha value is -1.35. The highest BCUT2D eigenvalue weighted by Crippen LogP contribution is 2.14. The molecule has 0 atom stereocenters. The van der Waals surface area contributed by atoms with Gasteiger partial charge in [0.25, 0.3) is 0 Å². The number of pyridine rings is 1. The number of aryl methyl sites for hydroxylation is 2. The van der Waals surface area contributed by atoms with Crippen molar-refractivity contribution in [2.75, 3.05) is 0 Å². The predicted molar refractivity (Wildman–Crippen MR) is 52.6 cm³/mol. The largest absolute Gasteiger partial charge is 0.326 e. The van der Waals surface area contributed by atoms with Crippen molar-refractivity contribution in [1.29, 1.82) is 0 Å². The van der Waals surface area contributed by atoms with Gasteiger partial charge in [0.2, 0.25) is 0 Å². The summed E-state index contributed by atoms with van der Waals surface area (Å²) in [5.41, 5.74) is 9.96. The van der Waals surface area contributed by atoms with E-state index in [1.165, 1.54) is 5.69 Å². The number of nitrogens with zero attached hydrogens (tertiary/aromatic N) is 2. The molecule has 0 aliphatic carbocycles. The third kappa shape index (κ3) is 1.12. The van der Waals surface area contributed by atoms with E-state index >= 15 is 0 Å². The Morgan fingerprint density at radius 1 is 1.46 bits per heavy atom. The first-order valence-corrected chi connectivity index (χ1v) is 4.37. The zero-order chi connectivity index (χ0) is 9.42. The standard InChI is InChI=1S/C10H13N3/c1-7-8(2)13-5-3-4-9(6-11)10(13)12-7/h3-5H,6,11H2,1-2H3. The molecule has 13 heavy (non-hydrogen) atoms. The number of rotatable bonds is 1. The van der Waals surface area contributed by atoms with Gasteiger partial charge < -0.3 is 10.1 Å². The average molecular weight is 175 g/mol. The lowest BCUT2D eigenvalue weighted by Crippen LogP contribution is -1.99. The van der Waals surface area contributed by atoms with Crippen LogP contribution >= 0.6 is 0 Å². The van der Waals surface area contributed by atoms with E-state index < -0.39 is 0 Å². The second-order valence-corrected chi connectivity index (χ2v) is 3.21. The van der Waals surface area contributed by atoms with Crippen LogP contribution in [0.2, 0.25) is 0 Å². The molecule has 0 spiro atoms. The van der Waals surface area contributed by atoms with E-state index in [-0.39, 0.29) is 0 Å². The fourth-order valence-electron chi connectivity index (χ4n) is 1.51. The minimum Gasteiger partial charge on any atom is -0.326 e. The van der Waals surface area contributed by atoms with Crippen LogP contribution in [0.3, 0.4) is 0 Å². The number of aromatic nitrogens is 2. The Morgan fingerprint density at radius 3 is 2.92 bits per heavy atom. The van der Waals surface area contributed by atoms with E-state index in [4.69, 9.17) is 5.73 Å². The number of nitrogens with two attached hydrogens (primary N) is 1. The Balaban J connectivity index is 2.84. The Bertz CT molecular complexity index is 443. The minimum atomic E-state index is 0.542. The molecule has 2 rings (SSSR count). The van der Waals surface area contributed by atoms with Gasteiger partial charge in [0, 0.05) is 24.0 Å². The first kappa shape index (κ1) is 8.26. The van der Waals surface area contributed by atoms with E-state index in [0.717, 1.165) is 16.9 Å². The molecule has 0 amide bonds. The summed E-state index contributed by atoms with van der Waals surface area (Å²) in [7, 11) is 0. The average Bonchev–Trinajstić information content (AvgIpc) is 2.43. The summed E-state index contributed by atoms with van der Waals surface area (Å²) in [6, 6.07) is 4.02. The summed E-state index contributed by atoms with van der Waals surface area (Å²) in [6.45, 7) is 4.62. The topological polar surface area (TPSA) is 43.3 Å². The Kier molecular flexibility index (Phi) is 1.81. The summed E-state index contributed by atoms with van der Waals surface area (Å²) in [4.78, 5) is 4.47. The van der Waals surface area contributed by atoms with Gasteiger partial charge >= 0.3 is 0 Å². The van der Waals surface area contributed by atoms with Crippen molar-refractivity contribution in [3.05, 3.63) is 35.3 Å². The van der Waals surface area contributed by atoms with Crippen molar-refractivity contribution in [2.45, 2.75) is 20.4 Å². The third-order valence-corrected chi connectivity index (χ3v) is 2.43. The van der Waals surface area contributed by atoms with E-state index in [1.807, 2.05) is 25.3 Å². The highest BCUT2D eigenvalue weighted by atomic mass is 15.0. The zero-order valence-electron chi connectivity index (χ0n) is 7.91. The van der Waals surface area contributed by atoms with Crippen LogP contribution in [0.1, 0.15) is 17.0 Å². The molecule has 0 bridgehead atoms. The van der Waals surface area contributed by atoms with Crippen LogP contribution < -0.4 is 5.73 Å². The van der Waals surface area contributed by atoms with Crippen LogP contribution in [0.25, 0.3) is 5.65 Å². The van der Waals surface area contributed by atoms with E-state index in [1.54, 1.807) is 0 Å². The molecule has 2 heterocycles. The molecular formula is C10H13N3. The van der Waals surface area contributed by atoms with E-state index in [9.17, 15) is 0 Å². The van der Waals surface area contributed by atoms with Crippen LogP contribution in [0, 0.1) is 13.8 Å². The highest BCUT2D eigenvalue weighted by molar-refractivity contribution is 5.50. The second-order valence-electron chi connectivity index (χ2n) is 3.21. The van der Waals surface area contributed by atoms with Gasteiger partial charge in [0.1, 0.15) is 5.65 Å². The van der Waals surface area contributed by atoms with Crippen LogP contribution in [0.5, 0.6) is 0 Å². The van der Waals surface area contributed by atoms with Gasteiger partial charge in [-0.1, -0.05) is 6.07 Å². The number of fused-ring (bicyclic) bond motifs is 1. The Morgan fingerprint density at radius 2 is 2.23 bits per heavy atom. The summed E-state index contributed by atoms with van der Waals surface area (Å²) in [5, 5.41) is 0. The molecule has 3 nitrogen and oxygen atoms in total. The summed E-state index contributed by atoms with van der Waals surface area (Å²) < 4.78 is 2.08. The highest BCUT2D eigenvalue weighted by Gasteiger charge is 2.06. The molecule has 3 heteroatoms. The summed E-state index contributed by atoms with van der Waals surface area (Å²) >= 11 is 0. The van der Waals surface area contributed by atoms with Crippen LogP contribution in [0.4, 0.5) is 0 Å². The van der Waals surface area contributed by atoms with Crippen molar-refractivity contribution in [2.24, 2.45) is 5.73 Å². The first-order valence-electron chi connectivity index (χ1n) is 4.37. The van der Waals surface area contributed by atoms with Crippen molar-refractivity contribution >= 4 is 5.65 Å². The van der Waals surface area contributed by atoms with Crippen LogP contribution in [-0.4, -0.2) is 9.38 Å². The minimum absolute atomic E-state index is 0.542. The van der Waals surface area contributed by atoms with Crippen LogP contribution in [0.15, 0.2) is 18.3 Å². The lowest BCUT2D eigenvalue weighted by molar-refractivity contribution is 1.03. The molecule has 0 aromatic carbocycles. The van der Waals surface area contributed by atoms with Crippen molar-refractivity contribution in [3.8, 4) is 0 Å². The maximum atomic E-state index is 5.62. The molecule has 0 aliphatic rings. The third-order valence-electron chi connectivity index (χ3n) is 2.43. The fraction of sp³-hybridized carbons (Fsp3) is 0.300. The lowest BCUT2D eigenvalue weighted by atomic mass is 10.3. The Labute approximate surface area is 77.2 Å². The number of imidazole rings is 1. The summed E-state index contributed by atoms with van der Waals surface area (Å²) in [6.07, 6.45) is 2.02. The van der Waals surface area contributed by atoms with Crippen molar-refractivity contribution in [3.63, 3.8) is 0 Å². The molecule has 2 N–H and O–H groups in total. The van der Waals surface area contributed by atoms with Crippen LogP contribution in [-0.2, 0) is 6.54 Å². The van der Waals surface area contributed by atoms with Gasteiger partial charge in [-0.05, 0) is 19.9 Å². The van der Waals surface area contributed by atoms with E-state index in [0.29, 0.717) is 6.54 Å². The van der Waals surface area contributed by atoms with Gasteiger partial charge in [-0.3, -0.25) is 0 Å². The monoisotopic (exact) mass is 175 g/mol. The summed E-state index contributed by atoms with van der Waals surface area (Å²) in [5.74, 6) is 0. The molecule has 2 aromatic rings. The quantitative estimate of drug-likeness (QED) is 0.712. The van der Waals surface area contributed by atoms with Gasteiger partial charge in [-0.2, -0.15) is 0 Å². The fourth-order valence-corrected chi connectivity index (χ4v) is 1.51. The van der Waals surface area contributed by atoms with Crippen molar-refractivity contribution in [1.82, 2.24) is 9.38 Å². The maximum Gasteiger partial charge on any atom is 0.141 e. The van der Waals surface area contributed by atoms with Gasteiger partial charge in [0.15, 0.2) is 0 Å². The SMILES string of the molecule is Cc1nc2c(CN)cccn2c1C. The smallest absolute Gasteiger partial charge is 0.141 e. The molecular weight excluding hydrogens is 162 g/mol. The molecule has 0 saturated heterocycles. The molecule has 0 saturated carbocycles. The first-order chi connectivity index (χ1) is 6.24.